The molecule has 2 aromatic heterocycles. The molecule has 0 aliphatic heterocycles. The normalized spacial score (nSPS) is 12.0. The van der Waals surface area contributed by atoms with E-state index in [2.05, 4.69) is 15.3 Å². The minimum atomic E-state index is -0.301. The fourth-order valence-electron chi connectivity index (χ4n) is 3.15. The van der Waals surface area contributed by atoms with E-state index in [0.29, 0.717) is 23.0 Å². The number of nitrogens with zero attached hydrogens (tertiary/aromatic N) is 2. The summed E-state index contributed by atoms with van der Waals surface area (Å²) in [5.41, 5.74) is 1.68. The zero-order valence-corrected chi connectivity index (χ0v) is 14.5. The Morgan fingerprint density at radius 3 is 2.67 bits per heavy atom. The van der Waals surface area contributed by atoms with Crippen molar-refractivity contribution in [1.29, 1.82) is 0 Å². The summed E-state index contributed by atoms with van der Waals surface area (Å²) in [6, 6.07) is 18.1. The van der Waals surface area contributed by atoms with E-state index in [1.807, 2.05) is 59.3 Å². The van der Waals surface area contributed by atoms with Crippen molar-refractivity contribution in [3.05, 3.63) is 101 Å². The highest BCUT2D eigenvalue weighted by Crippen LogP contribution is 2.19. The van der Waals surface area contributed by atoms with Crippen molar-refractivity contribution in [1.82, 2.24) is 19.9 Å². The number of fused-ring (bicyclic) bond motifs is 1. The molecule has 6 nitrogen and oxygen atoms in total. The van der Waals surface area contributed by atoms with Gasteiger partial charge in [0.15, 0.2) is 0 Å². The minimum Gasteiger partial charge on any atom is -0.343 e. The molecule has 1 amide bonds. The molecule has 0 aliphatic carbocycles. The van der Waals surface area contributed by atoms with Gasteiger partial charge in [-0.05, 0) is 11.6 Å². The monoisotopic (exact) mass is 358 g/mol. The molecule has 0 saturated carbocycles. The van der Waals surface area contributed by atoms with Gasteiger partial charge in [0.05, 0.1) is 17.9 Å². The highest BCUT2D eigenvalue weighted by atomic mass is 16.2. The molecule has 0 unspecified atom stereocenters. The first kappa shape index (κ1) is 16.8. The van der Waals surface area contributed by atoms with Gasteiger partial charge in [0.25, 0.3) is 5.91 Å². The lowest BCUT2D eigenvalue weighted by molar-refractivity contribution is 0.0934. The number of hydrogen-bond acceptors (Lipinski definition) is 3. The number of nitrogens with one attached hydrogen (secondary N) is 2. The molecule has 0 bridgehead atoms. The summed E-state index contributed by atoms with van der Waals surface area (Å²) in [5.74, 6) is -0.286. The summed E-state index contributed by atoms with van der Waals surface area (Å²) in [4.78, 5) is 31.8. The number of pyridine rings is 1. The number of benzene rings is 2. The highest BCUT2D eigenvalue weighted by molar-refractivity contribution is 6.06. The Morgan fingerprint density at radius 1 is 1.11 bits per heavy atom. The van der Waals surface area contributed by atoms with Gasteiger partial charge in [0.2, 0.25) is 5.56 Å². The van der Waals surface area contributed by atoms with Crippen molar-refractivity contribution in [3.8, 4) is 0 Å². The van der Waals surface area contributed by atoms with Crippen LogP contribution in [0, 0.1) is 0 Å². The number of carbonyl (C=O) groups excluding carboxylic acids is 1. The summed E-state index contributed by atoms with van der Waals surface area (Å²) in [6.07, 6.45) is 5.27. The first-order valence-corrected chi connectivity index (χ1v) is 8.64. The van der Waals surface area contributed by atoms with Gasteiger partial charge < -0.3 is 14.9 Å². The number of para-hydroxylation sites is 1. The predicted octanol–water partition coefficient (Wildman–Crippen LogP) is 2.90. The Morgan fingerprint density at radius 2 is 1.89 bits per heavy atom. The van der Waals surface area contributed by atoms with Crippen LogP contribution in [0.25, 0.3) is 10.9 Å². The van der Waals surface area contributed by atoms with Crippen LogP contribution in [0.5, 0.6) is 0 Å². The van der Waals surface area contributed by atoms with Crippen LogP contribution in [0.1, 0.15) is 22.0 Å². The zero-order chi connectivity index (χ0) is 18.6. The van der Waals surface area contributed by atoms with Crippen LogP contribution < -0.4 is 10.9 Å². The van der Waals surface area contributed by atoms with Gasteiger partial charge >= 0.3 is 0 Å². The second-order valence-electron chi connectivity index (χ2n) is 6.29. The van der Waals surface area contributed by atoms with Crippen molar-refractivity contribution in [2.45, 2.75) is 12.6 Å². The second kappa shape index (κ2) is 7.29. The molecular formula is C21H18N4O2. The second-order valence-corrected chi connectivity index (χ2v) is 6.29. The van der Waals surface area contributed by atoms with E-state index in [0.717, 1.165) is 5.56 Å². The van der Waals surface area contributed by atoms with Gasteiger partial charge in [-0.25, -0.2) is 4.98 Å². The quantitative estimate of drug-likeness (QED) is 0.576. The summed E-state index contributed by atoms with van der Waals surface area (Å²) in [6.45, 7) is 0.539. The molecule has 1 atom stereocenters. The fraction of sp³-hybridized carbons (Fsp3) is 0.0952. The molecule has 0 fully saturated rings. The molecule has 6 heteroatoms. The van der Waals surface area contributed by atoms with Crippen LogP contribution in [0.4, 0.5) is 0 Å². The Labute approximate surface area is 155 Å². The summed E-state index contributed by atoms with van der Waals surface area (Å²) in [7, 11) is 0. The molecule has 4 rings (SSSR count). The lowest BCUT2D eigenvalue weighted by Crippen LogP contribution is -2.32. The standard InChI is InChI=1S/C21H18N4O2/c26-20-12-17(16-8-4-5-9-18(16)23-20)21(27)24-19(13-25-11-10-22-14-25)15-6-2-1-3-7-15/h1-12,14,19H,13H2,(H,23,26)(H,24,27)/t19-/m0/s1. The summed E-state index contributed by atoms with van der Waals surface area (Å²) < 4.78 is 1.91. The molecular weight excluding hydrogens is 340 g/mol. The molecule has 134 valence electrons. The van der Waals surface area contributed by atoms with Gasteiger partial charge in [0, 0.05) is 35.9 Å². The van der Waals surface area contributed by atoms with Crippen LogP contribution in [0.2, 0.25) is 0 Å². The van der Waals surface area contributed by atoms with Gasteiger partial charge in [-0.15, -0.1) is 0 Å². The molecule has 2 aromatic carbocycles. The fourth-order valence-corrected chi connectivity index (χ4v) is 3.15. The van der Waals surface area contributed by atoms with E-state index in [1.165, 1.54) is 6.07 Å². The third-order valence-electron chi connectivity index (χ3n) is 4.46. The maximum absolute atomic E-state index is 13.0. The lowest BCUT2D eigenvalue weighted by Gasteiger charge is -2.20. The van der Waals surface area contributed by atoms with E-state index in [-0.39, 0.29) is 17.5 Å². The molecule has 0 aliphatic rings. The van der Waals surface area contributed by atoms with Gasteiger partial charge in [0.1, 0.15) is 0 Å². The minimum absolute atomic E-state index is 0.258. The Kier molecular flexibility index (Phi) is 4.53. The van der Waals surface area contributed by atoms with Gasteiger partial charge in [-0.2, -0.15) is 0 Å². The molecule has 4 aromatic rings. The molecule has 2 N–H and O–H groups in total. The van der Waals surface area contributed by atoms with Crippen LogP contribution in [-0.4, -0.2) is 20.4 Å². The summed E-state index contributed by atoms with van der Waals surface area (Å²) in [5, 5.41) is 3.78. The van der Waals surface area contributed by atoms with Crippen LogP contribution in [-0.2, 0) is 6.54 Å². The topological polar surface area (TPSA) is 79.8 Å². The van der Waals surface area contributed by atoms with E-state index in [1.54, 1.807) is 18.6 Å². The highest BCUT2D eigenvalue weighted by Gasteiger charge is 2.18. The van der Waals surface area contributed by atoms with E-state index in [9.17, 15) is 9.59 Å². The number of H-pyrrole nitrogens is 1. The third kappa shape index (κ3) is 3.64. The van der Waals surface area contributed by atoms with Crippen molar-refractivity contribution >= 4 is 16.8 Å². The number of rotatable bonds is 5. The SMILES string of the molecule is O=C(N[C@@H](Cn1ccnc1)c1ccccc1)c1cc(=O)[nH]c2ccccc12. The van der Waals surface area contributed by atoms with E-state index < -0.39 is 0 Å². The van der Waals surface area contributed by atoms with Crippen LogP contribution in [0.15, 0.2) is 84.2 Å². The van der Waals surface area contributed by atoms with Crippen molar-refractivity contribution in [2.75, 3.05) is 0 Å². The molecule has 0 saturated heterocycles. The third-order valence-corrected chi connectivity index (χ3v) is 4.46. The number of amides is 1. The molecule has 0 spiro atoms. The number of hydrogen-bond donors (Lipinski definition) is 2. The van der Waals surface area contributed by atoms with Crippen LogP contribution >= 0.6 is 0 Å². The molecule has 27 heavy (non-hydrogen) atoms. The average Bonchev–Trinajstić information content (AvgIpc) is 3.20. The smallest absolute Gasteiger partial charge is 0.252 e. The van der Waals surface area contributed by atoms with Crippen molar-refractivity contribution in [3.63, 3.8) is 0 Å². The van der Waals surface area contributed by atoms with Gasteiger partial charge in [-0.3, -0.25) is 9.59 Å². The maximum Gasteiger partial charge on any atom is 0.252 e. The Hall–Kier alpha value is -3.67. The van der Waals surface area contributed by atoms with E-state index in [4.69, 9.17) is 0 Å². The number of imidazole rings is 1. The first-order chi connectivity index (χ1) is 13.2. The average molecular weight is 358 g/mol. The predicted molar refractivity (Wildman–Crippen MR) is 103 cm³/mol. The lowest BCUT2D eigenvalue weighted by atomic mass is 10.0. The number of carbonyl (C=O) groups is 1. The Balaban J connectivity index is 1.69. The number of aromatic amines is 1. The molecule has 0 radical (unpaired) electrons. The number of aromatic nitrogens is 3. The van der Waals surface area contributed by atoms with Gasteiger partial charge in [-0.1, -0.05) is 48.5 Å². The zero-order valence-electron chi connectivity index (χ0n) is 14.5. The molecule has 2 heterocycles. The maximum atomic E-state index is 13.0. The van der Waals surface area contributed by atoms with E-state index >= 15 is 0 Å². The Bertz CT molecular complexity index is 1120. The van der Waals surface area contributed by atoms with Crippen molar-refractivity contribution in [2.24, 2.45) is 0 Å². The van der Waals surface area contributed by atoms with Crippen LogP contribution in [0.3, 0.4) is 0 Å². The summed E-state index contributed by atoms with van der Waals surface area (Å²) >= 11 is 0. The first-order valence-electron chi connectivity index (χ1n) is 8.64. The largest absolute Gasteiger partial charge is 0.343 e. The van der Waals surface area contributed by atoms with Crippen molar-refractivity contribution < 1.29 is 4.79 Å².